The molecule has 0 saturated carbocycles. The van der Waals surface area contributed by atoms with Crippen molar-refractivity contribution in [1.82, 2.24) is 5.32 Å². The first kappa shape index (κ1) is 14.4. The standard InChI is InChI=1S/C9H20BrNO2S/c1-2-8-14(12,13)9-7-11-6-4-3-5-10/h11H,2-9H2,1H3. The van der Waals surface area contributed by atoms with Gasteiger partial charge in [-0.25, -0.2) is 8.42 Å². The van der Waals surface area contributed by atoms with Crippen LogP contribution < -0.4 is 5.32 Å². The average molecular weight is 286 g/mol. The minimum atomic E-state index is -2.80. The molecule has 5 heteroatoms. The molecule has 0 atom stereocenters. The van der Waals surface area contributed by atoms with Crippen molar-refractivity contribution in [3.63, 3.8) is 0 Å². The lowest BCUT2D eigenvalue weighted by Gasteiger charge is -2.04. The third-order valence-electron chi connectivity index (χ3n) is 1.84. The van der Waals surface area contributed by atoms with Crippen LogP contribution in [0.25, 0.3) is 0 Å². The van der Waals surface area contributed by atoms with Crippen molar-refractivity contribution in [2.45, 2.75) is 26.2 Å². The molecule has 1 N–H and O–H groups in total. The molecule has 0 fully saturated rings. The summed E-state index contributed by atoms with van der Waals surface area (Å²) in [4.78, 5) is 0. The summed E-state index contributed by atoms with van der Waals surface area (Å²) < 4.78 is 22.5. The van der Waals surface area contributed by atoms with E-state index in [9.17, 15) is 8.42 Å². The maximum atomic E-state index is 11.3. The van der Waals surface area contributed by atoms with Crippen molar-refractivity contribution < 1.29 is 8.42 Å². The lowest BCUT2D eigenvalue weighted by molar-refractivity contribution is 0.587. The van der Waals surface area contributed by atoms with E-state index in [1.54, 1.807) is 0 Å². The van der Waals surface area contributed by atoms with E-state index in [-0.39, 0.29) is 5.75 Å². The third-order valence-corrected chi connectivity index (χ3v) is 4.26. The Morgan fingerprint density at radius 3 is 2.43 bits per heavy atom. The van der Waals surface area contributed by atoms with Gasteiger partial charge < -0.3 is 5.32 Å². The fourth-order valence-corrected chi connectivity index (χ4v) is 2.79. The molecule has 3 nitrogen and oxygen atoms in total. The molecule has 0 spiro atoms. The zero-order chi connectivity index (χ0) is 10.9. The molecular formula is C9H20BrNO2S. The Balaban J connectivity index is 3.35. The topological polar surface area (TPSA) is 46.2 Å². The van der Waals surface area contributed by atoms with E-state index in [2.05, 4.69) is 21.2 Å². The molecule has 0 aliphatic rings. The van der Waals surface area contributed by atoms with Crippen LogP contribution in [0.15, 0.2) is 0 Å². The van der Waals surface area contributed by atoms with Crippen molar-refractivity contribution in [2.24, 2.45) is 0 Å². The second-order valence-corrected chi connectivity index (χ2v) is 6.39. The number of rotatable bonds is 9. The zero-order valence-electron chi connectivity index (χ0n) is 8.76. The molecule has 0 heterocycles. The van der Waals surface area contributed by atoms with Gasteiger partial charge in [0.1, 0.15) is 0 Å². The second kappa shape index (κ2) is 8.68. The van der Waals surface area contributed by atoms with Gasteiger partial charge in [-0.1, -0.05) is 22.9 Å². The fraction of sp³-hybridized carbons (Fsp3) is 1.00. The molecule has 0 bridgehead atoms. The molecule has 0 aliphatic heterocycles. The first-order chi connectivity index (χ1) is 6.62. The van der Waals surface area contributed by atoms with Crippen LogP contribution in [0.5, 0.6) is 0 Å². The van der Waals surface area contributed by atoms with E-state index in [1.165, 1.54) is 0 Å². The maximum absolute atomic E-state index is 11.3. The average Bonchev–Trinajstić information content (AvgIpc) is 2.11. The third kappa shape index (κ3) is 8.97. The number of sulfone groups is 1. The summed E-state index contributed by atoms with van der Waals surface area (Å²) in [5, 5.41) is 4.15. The van der Waals surface area contributed by atoms with Crippen LogP contribution >= 0.6 is 15.9 Å². The Bertz CT molecular complexity index is 217. The van der Waals surface area contributed by atoms with E-state index in [4.69, 9.17) is 0 Å². The van der Waals surface area contributed by atoms with Gasteiger partial charge in [0.25, 0.3) is 0 Å². The van der Waals surface area contributed by atoms with Crippen molar-refractivity contribution >= 4 is 25.8 Å². The Morgan fingerprint density at radius 1 is 1.14 bits per heavy atom. The van der Waals surface area contributed by atoms with Crippen molar-refractivity contribution in [1.29, 1.82) is 0 Å². The van der Waals surface area contributed by atoms with E-state index < -0.39 is 9.84 Å². The molecule has 0 saturated heterocycles. The summed E-state index contributed by atoms with van der Waals surface area (Å²) in [6.07, 6.45) is 2.94. The zero-order valence-corrected chi connectivity index (χ0v) is 11.2. The van der Waals surface area contributed by atoms with Gasteiger partial charge >= 0.3 is 0 Å². The van der Waals surface area contributed by atoms with Gasteiger partial charge in [-0.15, -0.1) is 0 Å². The van der Waals surface area contributed by atoms with Gasteiger partial charge in [-0.2, -0.15) is 0 Å². The van der Waals surface area contributed by atoms with Crippen LogP contribution in [-0.2, 0) is 9.84 Å². The summed E-state index contributed by atoms with van der Waals surface area (Å²) in [6, 6.07) is 0. The van der Waals surface area contributed by atoms with Gasteiger partial charge in [0.05, 0.1) is 5.75 Å². The Kier molecular flexibility index (Phi) is 8.92. The van der Waals surface area contributed by atoms with Gasteiger partial charge in [0.15, 0.2) is 9.84 Å². The molecular weight excluding hydrogens is 266 g/mol. The molecule has 0 rings (SSSR count). The second-order valence-electron chi connectivity index (χ2n) is 3.30. The summed E-state index contributed by atoms with van der Waals surface area (Å²) in [5.74, 6) is 0.589. The highest BCUT2D eigenvalue weighted by Gasteiger charge is 2.07. The molecule has 0 aromatic heterocycles. The fourth-order valence-electron chi connectivity index (χ4n) is 1.11. The number of hydrogen-bond acceptors (Lipinski definition) is 3. The van der Waals surface area contributed by atoms with E-state index >= 15 is 0 Å². The minimum absolute atomic E-state index is 0.273. The monoisotopic (exact) mass is 285 g/mol. The quantitative estimate of drug-likeness (QED) is 0.517. The number of alkyl halides is 1. The molecule has 0 radical (unpaired) electrons. The van der Waals surface area contributed by atoms with Crippen molar-refractivity contribution in [3.05, 3.63) is 0 Å². The summed E-state index contributed by atoms with van der Waals surface area (Å²) in [7, 11) is -2.80. The van der Waals surface area contributed by atoms with Crippen LogP contribution in [-0.4, -0.2) is 38.3 Å². The molecule has 14 heavy (non-hydrogen) atoms. The number of hydrogen-bond donors (Lipinski definition) is 1. The number of unbranched alkanes of at least 4 members (excludes halogenated alkanes) is 1. The smallest absolute Gasteiger partial charge is 0.151 e. The van der Waals surface area contributed by atoms with Gasteiger partial charge in [-0.05, 0) is 25.8 Å². The maximum Gasteiger partial charge on any atom is 0.151 e. The lowest BCUT2D eigenvalue weighted by atomic mass is 10.3. The van der Waals surface area contributed by atoms with Crippen molar-refractivity contribution in [3.8, 4) is 0 Å². The normalized spacial score (nSPS) is 11.9. The van der Waals surface area contributed by atoms with E-state index in [1.807, 2.05) is 6.92 Å². The molecule has 0 unspecified atom stereocenters. The Morgan fingerprint density at radius 2 is 1.86 bits per heavy atom. The van der Waals surface area contributed by atoms with E-state index in [0.29, 0.717) is 18.7 Å². The Labute approximate surface area is 95.7 Å². The van der Waals surface area contributed by atoms with Crippen LogP contribution in [0, 0.1) is 0 Å². The highest BCUT2D eigenvalue weighted by atomic mass is 79.9. The molecule has 86 valence electrons. The Hall–Kier alpha value is 0.390. The lowest BCUT2D eigenvalue weighted by Crippen LogP contribution is -2.25. The minimum Gasteiger partial charge on any atom is -0.316 e. The number of nitrogens with one attached hydrogen (secondary N) is 1. The van der Waals surface area contributed by atoms with Gasteiger partial charge in [0.2, 0.25) is 0 Å². The van der Waals surface area contributed by atoms with Crippen LogP contribution in [0.1, 0.15) is 26.2 Å². The predicted molar refractivity (Wildman–Crippen MR) is 64.8 cm³/mol. The summed E-state index contributed by atoms with van der Waals surface area (Å²) in [6.45, 7) is 3.39. The molecule has 0 aliphatic carbocycles. The van der Waals surface area contributed by atoms with Gasteiger partial charge in [-0.3, -0.25) is 0 Å². The highest BCUT2D eigenvalue weighted by molar-refractivity contribution is 9.09. The SMILES string of the molecule is CCCS(=O)(=O)CCNCCCCBr. The first-order valence-corrected chi connectivity index (χ1v) is 8.03. The highest BCUT2D eigenvalue weighted by Crippen LogP contribution is 1.93. The summed E-state index contributed by atoms with van der Waals surface area (Å²) >= 11 is 3.35. The molecule has 0 aromatic carbocycles. The molecule has 0 aromatic rings. The largest absolute Gasteiger partial charge is 0.316 e. The predicted octanol–water partition coefficient (Wildman–Crippen LogP) is 1.58. The van der Waals surface area contributed by atoms with Crippen LogP contribution in [0.3, 0.4) is 0 Å². The first-order valence-electron chi connectivity index (χ1n) is 5.09. The van der Waals surface area contributed by atoms with Crippen molar-refractivity contribution in [2.75, 3.05) is 29.9 Å². The summed E-state index contributed by atoms with van der Waals surface area (Å²) in [5.41, 5.74) is 0. The number of halogens is 1. The van der Waals surface area contributed by atoms with Crippen LogP contribution in [0.2, 0.25) is 0 Å². The molecule has 0 amide bonds. The van der Waals surface area contributed by atoms with Gasteiger partial charge in [0, 0.05) is 17.6 Å². The van der Waals surface area contributed by atoms with E-state index in [0.717, 1.165) is 24.7 Å². The van der Waals surface area contributed by atoms with Crippen LogP contribution in [0.4, 0.5) is 0 Å².